The minimum Gasteiger partial charge on any atom is -0.456 e. The maximum atomic E-state index is 12.0. The van der Waals surface area contributed by atoms with Crippen LogP contribution in [0.15, 0.2) is 29.2 Å². The summed E-state index contributed by atoms with van der Waals surface area (Å²) in [5.41, 5.74) is 0.754. The third-order valence-electron chi connectivity index (χ3n) is 3.78. The highest BCUT2D eigenvalue weighted by Crippen LogP contribution is 2.36. The number of carbonyl (C=O) groups excluding carboxylic acids is 3. The molecule has 1 heterocycles. The van der Waals surface area contributed by atoms with Crippen LogP contribution in [-0.4, -0.2) is 36.2 Å². The van der Waals surface area contributed by atoms with Gasteiger partial charge in [-0.05, 0) is 18.6 Å². The standard InChI is InChI=1S/C18H24N2O4S/c1-2-3-4-7-10-19-16(21)12-24-17(22)11-15-18(23)20-13-8-5-6-9-14(13)25-15/h5-6,8-9,15H,2-4,7,10-12H2,1H3,(H,19,21)(H,20,23)/t15-/m1/s1. The highest BCUT2D eigenvalue weighted by Gasteiger charge is 2.29. The molecule has 25 heavy (non-hydrogen) atoms. The third kappa shape index (κ3) is 6.42. The van der Waals surface area contributed by atoms with Crippen molar-refractivity contribution in [1.29, 1.82) is 0 Å². The first kappa shape index (κ1) is 19.3. The van der Waals surface area contributed by atoms with Crippen molar-refractivity contribution in [2.45, 2.75) is 49.2 Å². The fourth-order valence-corrected chi connectivity index (χ4v) is 3.51. The summed E-state index contributed by atoms with van der Waals surface area (Å²) >= 11 is 1.34. The van der Waals surface area contributed by atoms with Crippen molar-refractivity contribution in [2.24, 2.45) is 0 Å². The van der Waals surface area contributed by atoms with Crippen LogP contribution in [0.25, 0.3) is 0 Å². The van der Waals surface area contributed by atoms with Gasteiger partial charge in [0.25, 0.3) is 5.91 Å². The van der Waals surface area contributed by atoms with Crippen LogP contribution < -0.4 is 10.6 Å². The van der Waals surface area contributed by atoms with E-state index in [1.54, 1.807) is 0 Å². The lowest BCUT2D eigenvalue weighted by Gasteiger charge is -2.23. The summed E-state index contributed by atoms with van der Waals surface area (Å²) in [4.78, 5) is 36.5. The summed E-state index contributed by atoms with van der Waals surface area (Å²) in [7, 11) is 0. The monoisotopic (exact) mass is 364 g/mol. The smallest absolute Gasteiger partial charge is 0.307 e. The summed E-state index contributed by atoms with van der Waals surface area (Å²) in [6.45, 7) is 2.41. The van der Waals surface area contributed by atoms with Crippen LogP contribution in [0.3, 0.4) is 0 Å². The van der Waals surface area contributed by atoms with Gasteiger partial charge >= 0.3 is 5.97 Å². The number of amides is 2. The van der Waals surface area contributed by atoms with Crippen LogP contribution in [-0.2, 0) is 19.1 Å². The molecule has 1 aromatic rings. The molecule has 0 radical (unpaired) electrons. The highest BCUT2D eigenvalue weighted by molar-refractivity contribution is 8.01. The van der Waals surface area contributed by atoms with Crippen molar-refractivity contribution >= 4 is 35.2 Å². The van der Waals surface area contributed by atoms with Crippen LogP contribution in [0.5, 0.6) is 0 Å². The Labute approximate surface area is 152 Å². The molecule has 0 aromatic heterocycles. The van der Waals surface area contributed by atoms with E-state index in [4.69, 9.17) is 4.74 Å². The first-order chi connectivity index (χ1) is 12.1. The van der Waals surface area contributed by atoms with Crippen molar-refractivity contribution in [3.63, 3.8) is 0 Å². The summed E-state index contributed by atoms with van der Waals surface area (Å²) in [5, 5.41) is 4.96. The molecule has 0 saturated heterocycles. The summed E-state index contributed by atoms with van der Waals surface area (Å²) < 4.78 is 4.98. The van der Waals surface area contributed by atoms with Gasteiger partial charge in [-0.1, -0.05) is 38.3 Å². The van der Waals surface area contributed by atoms with Crippen LogP contribution in [0, 0.1) is 0 Å². The minimum absolute atomic E-state index is 0.0609. The number of carbonyl (C=O) groups is 3. The molecule has 1 aliphatic rings. The molecule has 2 N–H and O–H groups in total. The lowest BCUT2D eigenvalue weighted by atomic mass is 10.2. The summed E-state index contributed by atoms with van der Waals surface area (Å²) in [6.07, 6.45) is 4.23. The zero-order valence-electron chi connectivity index (χ0n) is 14.4. The van der Waals surface area contributed by atoms with Crippen LogP contribution in [0.1, 0.15) is 39.0 Å². The van der Waals surface area contributed by atoms with E-state index in [1.807, 2.05) is 24.3 Å². The average molecular weight is 364 g/mol. The number of fused-ring (bicyclic) bond motifs is 1. The van der Waals surface area contributed by atoms with Gasteiger partial charge < -0.3 is 15.4 Å². The largest absolute Gasteiger partial charge is 0.456 e. The number of unbranched alkanes of at least 4 members (excludes halogenated alkanes) is 3. The zero-order valence-corrected chi connectivity index (χ0v) is 15.2. The van der Waals surface area contributed by atoms with E-state index in [2.05, 4.69) is 17.6 Å². The normalized spacial score (nSPS) is 15.9. The third-order valence-corrected chi connectivity index (χ3v) is 5.05. The van der Waals surface area contributed by atoms with Crippen LogP contribution >= 0.6 is 11.8 Å². The molecule has 1 aliphatic heterocycles. The second-order valence-corrected chi connectivity index (χ2v) is 7.11. The second-order valence-electron chi connectivity index (χ2n) is 5.87. The van der Waals surface area contributed by atoms with E-state index >= 15 is 0 Å². The molecule has 0 unspecified atom stereocenters. The molecule has 0 aliphatic carbocycles. The molecule has 1 aromatic carbocycles. The van der Waals surface area contributed by atoms with Gasteiger partial charge in [-0.2, -0.15) is 0 Å². The summed E-state index contributed by atoms with van der Waals surface area (Å²) in [5.74, 6) is -1.08. The van der Waals surface area contributed by atoms with E-state index in [9.17, 15) is 14.4 Å². The van der Waals surface area contributed by atoms with Crippen LogP contribution in [0.4, 0.5) is 5.69 Å². The van der Waals surface area contributed by atoms with Gasteiger partial charge in [-0.15, -0.1) is 11.8 Å². The molecular formula is C18H24N2O4S. The summed E-state index contributed by atoms with van der Waals surface area (Å²) in [6, 6.07) is 7.43. The number of para-hydroxylation sites is 1. The number of anilines is 1. The van der Waals surface area contributed by atoms with E-state index in [0.29, 0.717) is 6.54 Å². The van der Waals surface area contributed by atoms with E-state index in [-0.39, 0.29) is 24.8 Å². The zero-order chi connectivity index (χ0) is 18.1. The van der Waals surface area contributed by atoms with Gasteiger partial charge in [0.15, 0.2) is 6.61 Å². The van der Waals surface area contributed by atoms with Crippen molar-refractivity contribution in [2.75, 3.05) is 18.5 Å². The Kier molecular flexibility index (Phi) is 7.78. The molecule has 0 saturated carbocycles. The molecule has 0 fully saturated rings. The van der Waals surface area contributed by atoms with Gasteiger partial charge in [0.1, 0.15) is 0 Å². The van der Waals surface area contributed by atoms with Crippen molar-refractivity contribution < 1.29 is 19.1 Å². The quantitative estimate of drug-likeness (QED) is 0.520. The molecule has 2 rings (SSSR count). The Morgan fingerprint density at radius 2 is 2.04 bits per heavy atom. The lowest BCUT2D eigenvalue weighted by molar-refractivity contribution is -0.149. The predicted octanol–water partition coefficient (Wildman–Crippen LogP) is 2.73. The minimum atomic E-state index is -0.548. The topological polar surface area (TPSA) is 84.5 Å². The molecule has 6 nitrogen and oxygen atoms in total. The number of nitrogens with one attached hydrogen (secondary N) is 2. The van der Waals surface area contributed by atoms with Crippen molar-refractivity contribution in [1.82, 2.24) is 5.32 Å². The first-order valence-corrected chi connectivity index (χ1v) is 9.47. The Morgan fingerprint density at radius 1 is 1.24 bits per heavy atom. The lowest BCUT2D eigenvalue weighted by Crippen LogP contribution is -2.33. The molecule has 1 atom stereocenters. The van der Waals surface area contributed by atoms with E-state index in [0.717, 1.165) is 36.3 Å². The second kappa shape index (κ2) is 10.1. The maximum Gasteiger partial charge on any atom is 0.307 e. The highest BCUT2D eigenvalue weighted by atomic mass is 32.2. The number of ether oxygens (including phenoxy) is 1. The molecular weight excluding hydrogens is 340 g/mol. The number of hydrogen-bond donors (Lipinski definition) is 2. The predicted molar refractivity (Wildman–Crippen MR) is 97.4 cm³/mol. The van der Waals surface area contributed by atoms with Crippen molar-refractivity contribution in [3.8, 4) is 0 Å². The SMILES string of the molecule is CCCCCCNC(=O)COC(=O)C[C@H]1Sc2ccccc2NC1=O. The first-order valence-electron chi connectivity index (χ1n) is 8.59. The number of benzene rings is 1. The van der Waals surface area contributed by atoms with Crippen molar-refractivity contribution in [3.05, 3.63) is 24.3 Å². The number of thioether (sulfide) groups is 1. The van der Waals surface area contributed by atoms with Crippen LogP contribution in [0.2, 0.25) is 0 Å². The van der Waals surface area contributed by atoms with Gasteiger partial charge in [-0.3, -0.25) is 14.4 Å². The van der Waals surface area contributed by atoms with E-state index in [1.165, 1.54) is 11.8 Å². The molecule has 0 bridgehead atoms. The fraction of sp³-hybridized carbons (Fsp3) is 0.500. The Balaban J connectivity index is 1.68. The molecule has 0 spiro atoms. The Morgan fingerprint density at radius 3 is 2.84 bits per heavy atom. The molecule has 136 valence electrons. The fourth-order valence-electron chi connectivity index (χ4n) is 2.41. The number of esters is 1. The number of hydrogen-bond acceptors (Lipinski definition) is 5. The number of rotatable bonds is 9. The Bertz CT molecular complexity index is 621. The Hall–Kier alpha value is -2.02. The van der Waals surface area contributed by atoms with Gasteiger partial charge in [0, 0.05) is 11.4 Å². The molecule has 2 amide bonds. The van der Waals surface area contributed by atoms with Gasteiger partial charge in [-0.25, -0.2) is 0 Å². The average Bonchev–Trinajstić information content (AvgIpc) is 2.60. The molecule has 7 heteroatoms. The van der Waals surface area contributed by atoms with Gasteiger partial charge in [0.05, 0.1) is 17.4 Å². The van der Waals surface area contributed by atoms with Gasteiger partial charge in [0.2, 0.25) is 5.91 Å². The van der Waals surface area contributed by atoms with E-state index < -0.39 is 11.2 Å². The maximum absolute atomic E-state index is 12.0.